The molecule has 7 heteroatoms. The molecule has 42 heavy (non-hydrogen) atoms. The van der Waals surface area contributed by atoms with Crippen molar-refractivity contribution in [2.45, 2.75) is 146 Å². The molecule has 0 saturated heterocycles. The lowest BCUT2D eigenvalue weighted by atomic mass is 9.74. The van der Waals surface area contributed by atoms with Crippen LogP contribution in [0.15, 0.2) is 24.3 Å². The number of alkyl halides is 3. The fourth-order valence-electron chi connectivity index (χ4n) is 7.78. The topological polar surface area (TPSA) is 42.4 Å². The van der Waals surface area contributed by atoms with Gasteiger partial charge in [-0.25, -0.2) is 0 Å². The first-order valence-corrected chi connectivity index (χ1v) is 19.2. The van der Waals surface area contributed by atoms with Crippen molar-refractivity contribution in [1.29, 1.82) is 0 Å². The van der Waals surface area contributed by atoms with E-state index in [0.717, 1.165) is 87.6 Å². The van der Waals surface area contributed by atoms with Crippen LogP contribution in [0.4, 0.5) is 13.2 Å². The summed E-state index contributed by atoms with van der Waals surface area (Å²) in [6.07, 6.45) is 7.85. The van der Waals surface area contributed by atoms with Crippen molar-refractivity contribution in [3.63, 3.8) is 0 Å². The number of aliphatic hydroxyl groups excluding tert-OH is 1. The second-order valence-corrected chi connectivity index (χ2v) is 20.2. The van der Waals surface area contributed by atoms with Crippen LogP contribution < -0.4 is 0 Å². The molecular weight excluding hydrogens is 551 g/mol. The third kappa shape index (κ3) is 5.63. The van der Waals surface area contributed by atoms with E-state index in [0.29, 0.717) is 11.5 Å². The zero-order valence-corrected chi connectivity index (χ0v) is 27.0. The minimum Gasteiger partial charge on any atom is -0.410 e. The highest BCUT2D eigenvalue weighted by Gasteiger charge is 2.52. The maximum atomic E-state index is 13.4. The predicted molar refractivity (Wildman–Crippen MR) is 163 cm³/mol. The molecule has 4 aliphatic rings. The molecule has 0 aliphatic heterocycles. The van der Waals surface area contributed by atoms with Gasteiger partial charge in [0, 0.05) is 22.7 Å². The molecule has 3 saturated carbocycles. The number of nitrogens with zero attached hydrogens (tertiary/aromatic N) is 1. The SMILES string of the molecule is CC(C)(C)[Si](C)(C)O[C@H]1CC2(CC2)Cc2nc(C3CCCC3)c(C(O)c3ccc(C(F)(F)F)cc3)c(C3CCCC3)c21. The van der Waals surface area contributed by atoms with Crippen molar-refractivity contribution in [2.24, 2.45) is 5.41 Å². The lowest BCUT2D eigenvalue weighted by Gasteiger charge is -2.44. The number of hydrogen-bond donors (Lipinski definition) is 1. The van der Waals surface area contributed by atoms with Crippen LogP contribution in [0.5, 0.6) is 0 Å². The lowest BCUT2D eigenvalue weighted by molar-refractivity contribution is -0.137. The van der Waals surface area contributed by atoms with Gasteiger partial charge < -0.3 is 9.53 Å². The zero-order valence-electron chi connectivity index (χ0n) is 26.0. The number of rotatable bonds is 6. The maximum absolute atomic E-state index is 13.4. The van der Waals surface area contributed by atoms with Crippen LogP contribution in [0.1, 0.15) is 155 Å². The van der Waals surface area contributed by atoms with Crippen LogP contribution in [0.3, 0.4) is 0 Å². The van der Waals surface area contributed by atoms with E-state index in [1.165, 1.54) is 41.8 Å². The number of pyridine rings is 1. The van der Waals surface area contributed by atoms with Crippen LogP contribution in [-0.2, 0) is 17.0 Å². The van der Waals surface area contributed by atoms with Gasteiger partial charge in [0.15, 0.2) is 8.32 Å². The fourth-order valence-corrected chi connectivity index (χ4v) is 9.05. The number of hydrogen-bond acceptors (Lipinski definition) is 3. The van der Waals surface area contributed by atoms with E-state index < -0.39 is 26.2 Å². The molecule has 230 valence electrons. The second kappa shape index (κ2) is 10.7. The number of aliphatic hydroxyl groups is 1. The van der Waals surface area contributed by atoms with Gasteiger partial charge in [-0.2, -0.15) is 13.2 Å². The summed E-state index contributed by atoms with van der Waals surface area (Å²) in [6.45, 7) is 11.5. The maximum Gasteiger partial charge on any atom is 0.416 e. The van der Waals surface area contributed by atoms with Crippen molar-refractivity contribution < 1.29 is 22.7 Å². The summed E-state index contributed by atoms with van der Waals surface area (Å²) in [6, 6.07) is 5.14. The standard InChI is InChI=1S/C35H48F3NO2Si/c1-33(2,3)42(4,5)41-27-21-34(18-19-34)20-26-29(27)28(22-10-6-7-11-22)30(31(39-26)23-12-8-9-13-23)32(40)24-14-16-25(17-15-24)35(36,37)38/h14-17,22-23,27,32,40H,6-13,18-21H2,1-5H3/t27-,32?/m0/s1. The van der Waals surface area contributed by atoms with Gasteiger partial charge in [0.2, 0.25) is 0 Å². The van der Waals surface area contributed by atoms with Gasteiger partial charge in [0.1, 0.15) is 6.10 Å². The predicted octanol–water partition coefficient (Wildman–Crippen LogP) is 10.3. The van der Waals surface area contributed by atoms with Gasteiger partial charge in [-0.05, 0) is 104 Å². The van der Waals surface area contributed by atoms with E-state index in [1.807, 2.05) is 0 Å². The minimum atomic E-state index is -4.41. The molecule has 0 radical (unpaired) electrons. The third-order valence-electron chi connectivity index (χ3n) is 11.4. The zero-order chi connectivity index (χ0) is 30.1. The fraction of sp³-hybridized carbons (Fsp3) is 0.686. The van der Waals surface area contributed by atoms with Gasteiger partial charge in [0.25, 0.3) is 0 Å². The molecule has 1 N–H and O–H groups in total. The van der Waals surface area contributed by atoms with Crippen molar-refractivity contribution in [1.82, 2.24) is 4.98 Å². The first-order chi connectivity index (χ1) is 19.7. The van der Waals surface area contributed by atoms with Crippen molar-refractivity contribution >= 4 is 8.32 Å². The Morgan fingerprint density at radius 1 is 0.905 bits per heavy atom. The Bertz CT molecular complexity index is 1300. The highest BCUT2D eigenvalue weighted by molar-refractivity contribution is 6.74. The van der Waals surface area contributed by atoms with E-state index >= 15 is 0 Å². The number of aromatic nitrogens is 1. The Balaban J connectivity index is 1.55. The lowest BCUT2D eigenvalue weighted by Crippen LogP contribution is -2.43. The summed E-state index contributed by atoms with van der Waals surface area (Å²) in [4.78, 5) is 5.50. The molecule has 4 aliphatic carbocycles. The minimum absolute atomic E-state index is 0.0450. The Morgan fingerprint density at radius 3 is 2.00 bits per heavy atom. The Labute approximate surface area is 250 Å². The summed E-state index contributed by atoms with van der Waals surface area (Å²) in [5.74, 6) is 0.603. The van der Waals surface area contributed by atoms with Crippen LogP contribution >= 0.6 is 0 Å². The van der Waals surface area contributed by atoms with E-state index in [9.17, 15) is 18.3 Å². The molecule has 3 nitrogen and oxygen atoms in total. The summed E-state index contributed by atoms with van der Waals surface area (Å²) >= 11 is 0. The molecule has 0 bridgehead atoms. The van der Waals surface area contributed by atoms with Crippen LogP contribution in [0.25, 0.3) is 0 Å². The largest absolute Gasteiger partial charge is 0.416 e. The molecule has 1 spiro atoms. The van der Waals surface area contributed by atoms with Crippen molar-refractivity contribution in [3.05, 3.63) is 63.5 Å². The van der Waals surface area contributed by atoms with Gasteiger partial charge in [-0.15, -0.1) is 0 Å². The Hall–Kier alpha value is -1.70. The number of halogens is 3. The van der Waals surface area contributed by atoms with Crippen LogP contribution in [0, 0.1) is 5.41 Å². The first-order valence-electron chi connectivity index (χ1n) is 16.3. The van der Waals surface area contributed by atoms with E-state index in [1.54, 1.807) is 0 Å². The van der Waals surface area contributed by atoms with Crippen molar-refractivity contribution in [2.75, 3.05) is 0 Å². The summed E-state index contributed by atoms with van der Waals surface area (Å²) < 4.78 is 47.5. The Kier molecular flexibility index (Phi) is 7.75. The monoisotopic (exact) mass is 599 g/mol. The van der Waals surface area contributed by atoms with Crippen LogP contribution in [-0.4, -0.2) is 18.4 Å². The number of benzene rings is 1. The smallest absolute Gasteiger partial charge is 0.410 e. The van der Waals surface area contributed by atoms with E-state index in [-0.39, 0.29) is 22.5 Å². The molecular formula is C35H48F3NO2Si. The molecule has 3 fully saturated rings. The van der Waals surface area contributed by atoms with Gasteiger partial charge in [-0.3, -0.25) is 4.98 Å². The van der Waals surface area contributed by atoms with Gasteiger partial charge in [-0.1, -0.05) is 58.6 Å². The van der Waals surface area contributed by atoms with E-state index in [4.69, 9.17) is 9.41 Å². The van der Waals surface area contributed by atoms with Gasteiger partial charge >= 0.3 is 6.18 Å². The molecule has 2 atom stereocenters. The molecule has 1 aromatic carbocycles. The van der Waals surface area contributed by atoms with Crippen LogP contribution in [0.2, 0.25) is 18.1 Å². The highest BCUT2D eigenvalue weighted by Crippen LogP contribution is 2.61. The second-order valence-electron chi connectivity index (χ2n) is 15.4. The van der Waals surface area contributed by atoms with Crippen molar-refractivity contribution in [3.8, 4) is 0 Å². The average Bonchev–Trinajstić information content (AvgIpc) is 3.32. The summed E-state index contributed by atoms with van der Waals surface area (Å²) in [5, 5.41) is 12.2. The highest BCUT2D eigenvalue weighted by atomic mass is 28.4. The third-order valence-corrected chi connectivity index (χ3v) is 15.9. The van der Waals surface area contributed by atoms with E-state index in [2.05, 4.69) is 33.9 Å². The summed E-state index contributed by atoms with van der Waals surface area (Å²) in [7, 11) is -2.13. The summed E-state index contributed by atoms with van der Waals surface area (Å²) in [5.41, 5.74) is 5.67. The normalized spacial score (nSPS) is 23.9. The number of fused-ring (bicyclic) bond motifs is 1. The molecule has 6 rings (SSSR count). The molecule has 1 aromatic heterocycles. The molecule has 0 amide bonds. The molecule has 2 aromatic rings. The van der Waals surface area contributed by atoms with Gasteiger partial charge in [0.05, 0.1) is 17.4 Å². The molecule has 1 heterocycles. The average molecular weight is 600 g/mol. The Morgan fingerprint density at radius 2 is 1.48 bits per heavy atom. The first kappa shape index (κ1) is 30.3. The molecule has 1 unspecified atom stereocenters. The quantitative estimate of drug-likeness (QED) is 0.336.